The van der Waals surface area contributed by atoms with E-state index in [2.05, 4.69) is 15.6 Å². The summed E-state index contributed by atoms with van der Waals surface area (Å²) in [6.07, 6.45) is 3.55. The van der Waals surface area contributed by atoms with E-state index in [4.69, 9.17) is 0 Å². The van der Waals surface area contributed by atoms with Crippen LogP contribution in [0.15, 0.2) is 30.3 Å². The first kappa shape index (κ1) is 20.1. The van der Waals surface area contributed by atoms with E-state index in [0.717, 1.165) is 44.5 Å². The molecule has 0 fully saturated rings. The molecule has 0 radical (unpaired) electrons. The quantitative estimate of drug-likeness (QED) is 0.724. The van der Waals surface area contributed by atoms with Crippen LogP contribution in [0, 0.1) is 0 Å². The number of nitrogens with zero attached hydrogens (tertiary/aromatic N) is 3. The highest BCUT2D eigenvalue weighted by Gasteiger charge is 2.27. The number of carbonyl (C=O) groups excluding carboxylic acids is 2. The third kappa shape index (κ3) is 4.98. The SMILES string of the molecule is CN(C)CCNC(=O)c1nc(C(=O)NCCc2ccccc2)n2c1CCCC2. The minimum atomic E-state index is -0.216. The average molecular weight is 383 g/mol. The minimum absolute atomic E-state index is 0.198. The van der Waals surface area contributed by atoms with Crippen LogP contribution in [0.3, 0.4) is 0 Å². The van der Waals surface area contributed by atoms with Gasteiger partial charge in [-0.05, 0) is 45.3 Å². The van der Waals surface area contributed by atoms with Crippen LogP contribution in [0.5, 0.6) is 0 Å². The highest BCUT2D eigenvalue weighted by atomic mass is 16.2. The van der Waals surface area contributed by atoms with Gasteiger partial charge in [-0.2, -0.15) is 0 Å². The lowest BCUT2D eigenvalue weighted by Gasteiger charge is -2.17. The first-order valence-corrected chi connectivity index (χ1v) is 9.90. The van der Waals surface area contributed by atoms with Crippen LogP contribution in [0.4, 0.5) is 0 Å². The maximum absolute atomic E-state index is 12.7. The second kappa shape index (κ2) is 9.50. The zero-order valence-electron chi connectivity index (χ0n) is 16.7. The van der Waals surface area contributed by atoms with E-state index in [1.807, 2.05) is 53.9 Å². The van der Waals surface area contributed by atoms with Crippen molar-refractivity contribution in [3.63, 3.8) is 0 Å². The minimum Gasteiger partial charge on any atom is -0.349 e. The van der Waals surface area contributed by atoms with Crippen molar-refractivity contribution < 1.29 is 9.59 Å². The molecule has 0 atom stereocenters. The molecule has 2 amide bonds. The molecule has 1 aliphatic heterocycles. The molecule has 0 spiro atoms. The molecule has 0 saturated heterocycles. The van der Waals surface area contributed by atoms with E-state index in [1.54, 1.807) is 0 Å². The molecule has 3 rings (SSSR count). The van der Waals surface area contributed by atoms with Gasteiger partial charge < -0.3 is 20.1 Å². The molecule has 2 aromatic rings. The lowest BCUT2D eigenvalue weighted by atomic mass is 10.1. The Hall–Kier alpha value is -2.67. The predicted octanol–water partition coefficient (Wildman–Crippen LogP) is 1.48. The van der Waals surface area contributed by atoms with Gasteiger partial charge in [0.25, 0.3) is 11.8 Å². The average Bonchev–Trinajstić information content (AvgIpc) is 3.08. The largest absolute Gasteiger partial charge is 0.349 e. The topological polar surface area (TPSA) is 79.3 Å². The molecule has 28 heavy (non-hydrogen) atoms. The number of hydrogen-bond acceptors (Lipinski definition) is 4. The molecule has 7 nitrogen and oxygen atoms in total. The summed E-state index contributed by atoms with van der Waals surface area (Å²) in [5.74, 6) is -0.0669. The number of hydrogen-bond donors (Lipinski definition) is 2. The zero-order chi connectivity index (χ0) is 19.9. The molecule has 150 valence electrons. The zero-order valence-corrected chi connectivity index (χ0v) is 16.7. The van der Waals surface area contributed by atoms with E-state index < -0.39 is 0 Å². The summed E-state index contributed by atoms with van der Waals surface area (Å²) in [5, 5.41) is 5.86. The van der Waals surface area contributed by atoms with Crippen molar-refractivity contribution in [1.82, 2.24) is 25.1 Å². The number of aromatic nitrogens is 2. The number of likely N-dealkylation sites (N-methyl/N-ethyl adjacent to an activating group) is 1. The van der Waals surface area contributed by atoms with Gasteiger partial charge in [0.1, 0.15) is 5.69 Å². The number of rotatable bonds is 8. The molecular weight excluding hydrogens is 354 g/mol. The number of nitrogens with one attached hydrogen (secondary N) is 2. The lowest BCUT2D eigenvalue weighted by molar-refractivity contribution is 0.0938. The van der Waals surface area contributed by atoms with Crippen molar-refractivity contribution in [2.24, 2.45) is 0 Å². The Labute approximate surface area is 166 Å². The van der Waals surface area contributed by atoms with Gasteiger partial charge in [0.15, 0.2) is 5.82 Å². The van der Waals surface area contributed by atoms with Crippen LogP contribution in [-0.2, 0) is 19.4 Å². The lowest BCUT2D eigenvalue weighted by Crippen LogP contribution is -2.32. The molecule has 1 aromatic heterocycles. The van der Waals surface area contributed by atoms with E-state index in [9.17, 15) is 9.59 Å². The third-order valence-corrected chi connectivity index (χ3v) is 4.92. The summed E-state index contributed by atoms with van der Waals surface area (Å²) in [6.45, 7) is 2.58. The Bertz CT molecular complexity index is 814. The predicted molar refractivity (Wildman–Crippen MR) is 109 cm³/mol. The molecule has 0 unspecified atom stereocenters. The second-order valence-corrected chi connectivity index (χ2v) is 7.39. The Balaban J connectivity index is 1.67. The number of carbonyl (C=O) groups is 2. The number of amides is 2. The first-order valence-electron chi connectivity index (χ1n) is 9.90. The van der Waals surface area contributed by atoms with Gasteiger partial charge in [-0.15, -0.1) is 0 Å². The van der Waals surface area contributed by atoms with Crippen molar-refractivity contribution >= 4 is 11.8 Å². The van der Waals surface area contributed by atoms with Gasteiger partial charge in [0, 0.05) is 26.2 Å². The summed E-state index contributed by atoms with van der Waals surface area (Å²) < 4.78 is 1.92. The van der Waals surface area contributed by atoms with Gasteiger partial charge >= 0.3 is 0 Å². The van der Waals surface area contributed by atoms with Gasteiger partial charge in [-0.1, -0.05) is 30.3 Å². The highest BCUT2D eigenvalue weighted by Crippen LogP contribution is 2.21. The standard InChI is InChI=1S/C21H29N5O2/c1-25(2)15-13-23-20(27)18-17-10-6-7-14-26(17)19(24-18)21(28)22-12-11-16-8-4-3-5-9-16/h3-5,8-9H,6-7,10-15H2,1-2H3,(H,22,28)(H,23,27). The molecule has 2 N–H and O–H groups in total. The van der Waals surface area contributed by atoms with Crippen LogP contribution >= 0.6 is 0 Å². The van der Waals surface area contributed by atoms with Crippen molar-refractivity contribution in [2.45, 2.75) is 32.2 Å². The van der Waals surface area contributed by atoms with E-state index in [0.29, 0.717) is 24.6 Å². The van der Waals surface area contributed by atoms with Crippen LogP contribution in [0.1, 0.15) is 45.2 Å². The van der Waals surface area contributed by atoms with Crippen LogP contribution in [0.2, 0.25) is 0 Å². The van der Waals surface area contributed by atoms with E-state index in [1.165, 1.54) is 5.56 Å². The molecule has 0 aliphatic carbocycles. The van der Waals surface area contributed by atoms with Gasteiger partial charge in [-0.3, -0.25) is 9.59 Å². The van der Waals surface area contributed by atoms with Crippen LogP contribution in [-0.4, -0.2) is 60.0 Å². The number of benzene rings is 1. The monoisotopic (exact) mass is 383 g/mol. The van der Waals surface area contributed by atoms with Crippen molar-refractivity contribution in [2.75, 3.05) is 33.7 Å². The van der Waals surface area contributed by atoms with Crippen LogP contribution < -0.4 is 10.6 Å². The summed E-state index contributed by atoms with van der Waals surface area (Å²) in [4.78, 5) is 31.8. The fraction of sp³-hybridized carbons (Fsp3) is 0.476. The smallest absolute Gasteiger partial charge is 0.287 e. The molecular formula is C21H29N5O2. The Morgan fingerprint density at radius 3 is 2.57 bits per heavy atom. The van der Waals surface area contributed by atoms with E-state index >= 15 is 0 Å². The maximum Gasteiger partial charge on any atom is 0.287 e. The molecule has 1 aromatic carbocycles. The summed E-state index contributed by atoms with van der Waals surface area (Å²) >= 11 is 0. The fourth-order valence-corrected chi connectivity index (χ4v) is 3.42. The molecule has 0 bridgehead atoms. The van der Waals surface area contributed by atoms with Crippen LogP contribution in [0.25, 0.3) is 0 Å². The van der Waals surface area contributed by atoms with E-state index in [-0.39, 0.29) is 11.8 Å². The van der Waals surface area contributed by atoms with Crippen molar-refractivity contribution in [1.29, 1.82) is 0 Å². The van der Waals surface area contributed by atoms with Crippen molar-refractivity contribution in [3.8, 4) is 0 Å². The number of imidazole rings is 1. The molecule has 2 heterocycles. The fourth-order valence-electron chi connectivity index (χ4n) is 3.42. The summed E-state index contributed by atoms with van der Waals surface area (Å²) in [5.41, 5.74) is 2.45. The van der Waals surface area contributed by atoms with Gasteiger partial charge in [0.05, 0.1) is 5.69 Å². The second-order valence-electron chi connectivity index (χ2n) is 7.39. The Morgan fingerprint density at radius 2 is 1.82 bits per heavy atom. The summed E-state index contributed by atoms with van der Waals surface area (Å²) in [7, 11) is 3.92. The first-order chi connectivity index (χ1) is 13.6. The van der Waals surface area contributed by atoms with Gasteiger partial charge in [0.2, 0.25) is 0 Å². The van der Waals surface area contributed by atoms with Gasteiger partial charge in [-0.25, -0.2) is 4.98 Å². The Kier molecular flexibility index (Phi) is 6.81. The highest BCUT2D eigenvalue weighted by molar-refractivity contribution is 5.97. The third-order valence-electron chi connectivity index (χ3n) is 4.92. The maximum atomic E-state index is 12.7. The van der Waals surface area contributed by atoms with Crippen molar-refractivity contribution in [3.05, 3.63) is 53.1 Å². The molecule has 0 saturated carbocycles. The number of fused-ring (bicyclic) bond motifs is 1. The normalized spacial score (nSPS) is 13.2. The molecule has 1 aliphatic rings. The molecule has 7 heteroatoms. The Morgan fingerprint density at radius 1 is 1.07 bits per heavy atom. The summed E-state index contributed by atoms with van der Waals surface area (Å²) in [6, 6.07) is 10.0.